The Morgan fingerprint density at radius 1 is 1.47 bits per heavy atom. The summed E-state index contributed by atoms with van der Waals surface area (Å²) < 4.78 is 13.2. The maximum absolute atomic E-state index is 13.2. The second kappa shape index (κ2) is 4.94. The third-order valence-corrected chi connectivity index (χ3v) is 3.65. The summed E-state index contributed by atoms with van der Waals surface area (Å²) in [6.07, 6.45) is 2.66. The fourth-order valence-corrected chi connectivity index (χ4v) is 2.52. The predicted molar refractivity (Wildman–Crippen MR) is 66.4 cm³/mol. The van der Waals surface area contributed by atoms with Crippen LogP contribution >= 0.6 is 11.3 Å². The smallest absolute Gasteiger partial charge is 0.123 e. The normalized spacial score (nSPS) is 14.5. The first kappa shape index (κ1) is 12.2. The van der Waals surface area contributed by atoms with E-state index in [0.717, 1.165) is 5.01 Å². The molecule has 2 rings (SSSR count). The van der Waals surface area contributed by atoms with Gasteiger partial charge in [-0.1, -0.05) is 19.1 Å². The topological polar surface area (TPSA) is 33.1 Å². The van der Waals surface area contributed by atoms with Gasteiger partial charge in [-0.25, -0.2) is 9.37 Å². The highest BCUT2D eigenvalue weighted by atomic mass is 32.1. The minimum Gasteiger partial charge on any atom is -0.385 e. The quantitative estimate of drug-likeness (QED) is 0.905. The summed E-state index contributed by atoms with van der Waals surface area (Å²) in [5, 5.41) is 13.3. The monoisotopic (exact) mass is 251 g/mol. The summed E-state index contributed by atoms with van der Waals surface area (Å²) in [5.41, 5.74) is -0.435. The van der Waals surface area contributed by atoms with Gasteiger partial charge in [-0.2, -0.15) is 0 Å². The molecule has 1 heterocycles. The van der Waals surface area contributed by atoms with Gasteiger partial charge in [-0.15, -0.1) is 11.3 Å². The molecule has 0 aliphatic carbocycles. The van der Waals surface area contributed by atoms with Gasteiger partial charge in [0.05, 0.1) is 10.6 Å². The molecule has 0 spiro atoms. The number of halogens is 1. The van der Waals surface area contributed by atoms with Gasteiger partial charge >= 0.3 is 0 Å². The molecule has 0 saturated carbocycles. The molecule has 2 aromatic rings. The number of aromatic nitrogens is 1. The molecule has 1 N–H and O–H groups in total. The van der Waals surface area contributed by atoms with Crippen LogP contribution in [0.1, 0.15) is 23.9 Å². The van der Waals surface area contributed by atoms with Crippen LogP contribution < -0.4 is 0 Å². The molecule has 0 saturated heterocycles. The van der Waals surface area contributed by atoms with Crippen molar-refractivity contribution in [2.24, 2.45) is 0 Å². The second-order valence-corrected chi connectivity index (χ2v) is 4.98. The van der Waals surface area contributed by atoms with Crippen molar-refractivity contribution in [2.75, 3.05) is 0 Å². The van der Waals surface area contributed by atoms with Crippen molar-refractivity contribution in [1.82, 2.24) is 4.98 Å². The SMILES string of the molecule is CCC(O)(Cc1nccs1)c1cccc(F)c1. The molecule has 17 heavy (non-hydrogen) atoms. The Bertz CT molecular complexity index is 486. The van der Waals surface area contributed by atoms with Crippen molar-refractivity contribution < 1.29 is 9.50 Å². The van der Waals surface area contributed by atoms with Gasteiger partial charge in [-0.05, 0) is 24.1 Å². The summed E-state index contributed by atoms with van der Waals surface area (Å²) >= 11 is 1.50. The number of rotatable bonds is 4. The minimum atomic E-state index is -1.04. The highest BCUT2D eigenvalue weighted by molar-refractivity contribution is 7.09. The summed E-state index contributed by atoms with van der Waals surface area (Å²) in [5.74, 6) is -0.325. The number of aliphatic hydroxyl groups is 1. The Kier molecular flexibility index (Phi) is 3.54. The van der Waals surface area contributed by atoms with Crippen molar-refractivity contribution in [3.8, 4) is 0 Å². The molecular formula is C13H14FNOS. The Hall–Kier alpha value is -1.26. The molecule has 0 amide bonds. The molecule has 90 valence electrons. The Morgan fingerprint density at radius 3 is 2.88 bits per heavy atom. The van der Waals surface area contributed by atoms with Crippen molar-refractivity contribution >= 4 is 11.3 Å². The van der Waals surface area contributed by atoms with Crippen LogP contribution in [-0.2, 0) is 12.0 Å². The van der Waals surface area contributed by atoms with Gasteiger partial charge in [0, 0.05) is 18.0 Å². The summed E-state index contributed by atoms with van der Waals surface area (Å²) in [6.45, 7) is 1.89. The molecule has 0 bridgehead atoms. The van der Waals surface area contributed by atoms with E-state index in [-0.39, 0.29) is 5.82 Å². The van der Waals surface area contributed by atoms with Gasteiger partial charge in [-0.3, -0.25) is 0 Å². The van der Waals surface area contributed by atoms with Gasteiger partial charge < -0.3 is 5.11 Å². The zero-order chi connectivity index (χ0) is 12.3. The lowest BCUT2D eigenvalue weighted by Crippen LogP contribution is -2.27. The predicted octanol–water partition coefficient (Wildman–Crippen LogP) is 3.12. The van der Waals surface area contributed by atoms with E-state index in [1.807, 2.05) is 12.3 Å². The van der Waals surface area contributed by atoms with E-state index in [9.17, 15) is 9.50 Å². The number of hydrogen-bond acceptors (Lipinski definition) is 3. The fourth-order valence-electron chi connectivity index (χ4n) is 1.80. The Morgan fingerprint density at radius 2 is 2.29 bits per heavy atom. The lowest BCUT2D eigenvalue weighted by molar-refractivity contribution is 0.0324. The maximum atomic E-state index is 13.2. The van der Waals surface area contributed by atoms with Gasteiger partial charge in [0.2, 0.25) is 0 Å². The Balaban J connectivity index is 2.30. The molecule has 2 nitrogen and oxygen atoms in total. The highest BCUT2D eigenvalue weighted by Crippen LogP contribution is 2.30. The zero-order valence-electron chi connectivity index (χ0n) is 9.56. The van der Waals surface area contributed by atoms with Crippen molar-refractivity contribution in [1.29, 1.82) is 0 Å². The molecule has 0 aliphatic rings. The van der Waals surface area contributed by atoms with Crippen LogP contribution in [-0.4, -0.2) is 10.1 Å². The first-order valence-corrected chi connectivity index (χ1v) is 6.39. The highest BCUT2D eigenvalue weighted by Gasteiger charge is 2.28. The third kappa shape index (κ3) is 2.70. The van der Waals surface area contributed by atoms with E-state index >= 15 is 0 Å². The standard InChI is InChI=1S/C13H14FNOS/c1-2-13(16,9-12-15-6-7-17-12)10-4-3-5-11(14)8-10/h3-8,16H,2,9H2,1H3. The maximum Gasteiger partial charge on any atom is 0.123 e. The van der Waals surface area contributed by atoms with Crippen LogP contribution in [0.2, 0.25) is 0 Å². The fraction of sp³-hybridized carbons (Fsp3) is 0.308. The molecular weight excluding hydrogens is 237 g/mol. The second-order valence-electron chi connectivity index (χ2n) is 4.00. The molecule has 1 unspecified atom stereocenters. The van der Waals surface area contributed by atoms with E-state index in [2.05, 4.69) is 4.98 Å². The van der Waals surface area contributed by atoms with E-state index in [0.29, 0.717) is 18.4 Å². The number of nitrogens with zero attached hydrogens (tertiary/aromatic N) is 1. The van der Waals surface area contributed by atoms with Crippen LogP contribution in [0, 0.1) is 5.82 Å². The van der Waals surface area contributed by atoms with E-state index in [4.69, 9.17) is 0 Å². The molecule has 1 atom stereocenters. The summed E-state index contributed by atoms with van der Waals surface area (Å²) in [4.78, 5) is 4.16. The van der Waals surface area contributed by atoms with E-state index < -0.39 is 5.60 Å². The third-order valence-electron chi connectivity index (χ3n) is 2.87. The lowest BCUT2D eigenvalue weighted by Gasteiger charge is -2.26. The van der Waals surface area contributed by atoms with Crippen LogP contribution in [0.3, 0.4) is 0 Å². The van der Waals surface area contributed by atoms with Gasteiger partial charge in [0.15, 0.2) is 0 Å². The average Bonchev–Trinajstić information content (AvgIpc) is 2.81. The molecule has 0 radical (unpaired) electrons. The number of thiazole rings is 1. The molecule has 1 aromatic heterocycles. The van der Waals surface area contributed by atoms with Crippen molar-refractivity contribution in [3.05, 3.63) is 52.2 Å². The Labute approximate surface area is 104 Å². The van der Waals surface area contributed by atoms with E-state index in [1.54, 1.807) is 18.3 Å². The first-order chi connectivity index (χ1) is 8.14. The number of hydrogen-bond donors (Lipinski definition) is 1. The van der Waals surface area contributed by atoms with Crippen molar-refractivity contribution in [3.63, 3.8) is 0 Å². The largest absolute Gasteiger partial charge is 0.385 e. The minimum absolute atomic E-state index is 0.325. The summed E-state index contributed by atoms with van der Waals surface area (Å²) in [7, 11) is 0. The van der Waals surface area contributed by atoms with Gasteiger partial charge in [0.1, 0.15) is 5.82 Å². The first-order valence-electron chi connectivity index (χ1n) is 5.51. The van der Waals surface area contributed by atoms with E-state index in [1.165, 1.54) is 23.5 Å². The van der Waals surface area contributed by atoms with Crippen LogP contribution in [0.15, 0.2) is 35.8 Å². The lowest BCUT2D eigenvalue weighted by atomic mass is 9.88. The average molecular weight is 251 g/mol. The zero-order valence-corrected chi connectivity index (χ0v) is 10.4. The molecule has 0 aliphatic heterocycles. The summed E-state index contributed by atoms with van der Waals surface area (Å²) in [6, 6.07) is 6.13. The number of benzene rings is 1. The van der Waals surface area contributed by atoms with Crippen LogP contribution in [0.25, 0.3) is 0 Å². The van der Waals surface area contributed by atoms with Crippen LogP contribution in [0.5, 0.6) is 0 Å². The van der Waals surface area contributed by atoms with Crippen LogP contribution in [0.4, 0.5) is 4.39 Å². The molecule has 4 heteroatoms. The molecule has 1 aromatic carbocycles. The van der Waals surface area contributed by atoms with Gasteiger partial charge in [0.25, 0.3) is 0 Å². The van der Waals surface area contributed by atoms with Crippen molar-refractivity contribution in [2.45, 2.75) is 25.4 Å². The molecule has 0 fully saturated rings.